The van der Waals surface area contributed by atoms with Gasteiger partial charge < -0.3 is 10.6 Å². The summed E-state index contributed by atoms with van der Waals surface area (Å²) in [6.07, 6.45) is 9.09. The van der Waals surface area contributed by atoms with Crippen molar-refractivity contribution in [3.63, 3.8) is 0 Å². The molecule has 1 amide bonds. The molecule has 0 spiro atoms. The van der Waals surface area contributed by atoms with Gasteiger partial charge in [-0.2, -0.15) is 0 Å². The molecule has 1 aliphatic heterocycles. The number of rotatable bonds is 2. The Kier molecular flexibility index (Phi) is 4.50. The van der Waals surface area contributed by atoms with E-state index >= 15 is 0 Å². The maximum atomic E-state index is 12.0. The number of carbonyl (C=O) groups excluding carboxylic acids is 1. The summed E-state index contributed by atoms with van der Waals surface area (Å²) in [5.41, 5.74) is 0.814. The van der Waals surface area contributed by atoms with Gasteiger partial charge >= 0.3 is 0 Å². The number of amides is 1. The van der Waals surface area contributed by atoms with E-state index in [0.717, 1.165) is 25.1 Å². The lowest BCUT2D eigenvalue weighted by Crippen LogP contribution is -2.41. The molecule has 0 radical (unpaired) electrons. The van der Waals surface area contributed by atoms with Gasteiger partial charge in [-0.05, 0) is 31.5 Å². The molecule has 2 heterocycles. The van der Waals surface area contributed by atoms with E-state index in [1.165, 1.54) is 19.3 Å². The second-order valence-electron chi connectivity index (χ2n) is 4.43. The van der Waals surface area contributed by atoms with Crippen molar-refractivity contribution in [2.75, 3.05) is 11.9 Å². The highest BCUT2D eigenvalue weighted by atomic mass is 16.2. The second kappa shape index (κ2) is 6.35. The number of hydrogen-bond donors (Lipinski definition) is 2. The van der Waals surface area contributed by atoms with Crippen molar-refractivity contribution in [3.8, 4) is 0 Å². The van der Waals surface area contributed by atoms with E-state index in [4.69, 9.17) is 0 Å². The summed E-state index contributed by atoms with van der Waals surface area (Å²) >= 11 is 0. The summed E-state index contributed by atoms with van der Waals surface area (Å²) in [4.78, 5) is 16.0. The molecule has 1 atom stereocenters. The predicted octanol–water partition coefficient (Wildman–Crippen LogP) is 1.94. The van der Waals surface area contributed by atoms with Crippen LogP contribution >= 0.6 is 0 Å². The van der Waals surface area contributed by atoms with Crippen LogP contribution in [0.2, 0.25) is 0 Å². The molecule has 1 saturated heterocycles. The fourth-order valence-electron chi connectivity index (χ4n) is 2.09. The normalized spacial score (nSPS) is 21.3. The average Bonchev–Trinajstić information content (AvgIpc) is 2.29. The Hall–Kier alpha value is -1.42. The smallest absolute Gasteiger partial charge is 0.241 e. The first-order chi connectivity index (χ1) is 8.36. The first kappa shape index (κ1) is 12.0. The zero-order chi connectivity index (χ0) is 11.9. The monoisotopic (exact) mass is 233 g/mol. The molecule has 0 aromatic carbocycles. The molecule has 2 rings (SSSR count). The van der Waals surface area contributed by atoms with Gasteiger partial charge in [0.1, 0.15) is 0 Å². The zero-order valence-corrected chi connectivity index (χ0v) is 9.98. The van der Waals surface area contributed by atoms with Gasteiger partial charge in [-0.3, -0.25) is 9.78 Å². The number of pyridine rings is 1. The third-order valence-electron chi connectivity index (χ3n) is 3.07. The summed E-state index contributed by atoms with van der Waals surface area (Å²) in [6, 6.07) is 3.56. The quantitative estimate of drug-likeness (QED) is 0.820. The number of carbonyl (C=O) groups is 1. The minimum absolute atomic E-state index is 0.0523. The minimum Gasteiger partial charge on any atom is -0.325 e. The van der Waals surface area contributed by atoms with Crippen LogP contribution in [0.3, 0.4) is 0 Å². The van der Waals surface area contributed by atoms with Crippen molar-refractivity contribution in [1.29, 1.82) is 0 Å². The molecular formula is C13H19N3O. The van der Waals surface area contributed by atoms with Crippen LogP contribution in [-0.2, 0) is 4.79 Å². The van der Waals surface area contributed by atoms with Crippen molar-refractivity contribution >= 4 is 11.6 Å². The molecule has 4 nitrogen and oxygen atoms in total. The van der Waals surface area contributed by atoms with Gasteiger partial charge in [0, 0.05) is 18.1 Å². The molecule has 0 bridgehead atoms. The van der Waals surface area contributed by atoms with E-state index in [1.54, 1.807) is 24.5 Å². The summed E-state index contributed by atoms with van der Waals surface area (Å²) in [6.45, 7) is 0.939. The molecule has 0 saturated carbocycles. The summed E-state index contributed by atoms with van der Waals surface area (Å²) in [5, 5.41) is 6.23. The summed E-state index contributed by atoms with van der Waals surface area (Å²) in [5.74, 6) is 0.0677. The molecule has 4 heteroatoms. The third kappa shape index (κ3) is 3.82. The second-order valence-corrected chi connectivity index (χ2v) is 4.43. The van der Waals surface area contributed by atoms with Crippen molar-refractivity contribution in [3.05, 3.63) is 24.5 Å². The van der Waals surface area contributed by atoms with Gasteiger partial charge in [-0.15, -0.1) is 0 Å². The van der Waals surface area contributed by atoms with E-state index in [-0.39, 0.29) is 11.9 Å². The Morgan fingerprint density at radius 1 is 1.24 bits per heavy atom. The SMILES string of the molecule is O=C(Nc1ccncc1)C1CCCCCCN1. The van der Waals surface area contributed by atoms with Gasteiger partial charge in [-0.1, -0.05) is 19.3 Å². The van der Waals surface area contributed by atoms with Crippen molar-refractivity contribution in [2.24, 2.45) is 0 Å². The fourth-order valence-corrected chi connectivity index (χ4v) is 2.09. The molecule has 1 aromatic heterocycles. The average molecular weight is 233 g/mol. The first-order valence-electron chi connectivity index (χ1n) is 6.30. The van der Waals surface area contributed by atoms with Crippen LogP contribution in [0.15, 0.2) is 24.5 Å². The molecule has 1 unspecified atom stereocenters. The maximum Gasteiger partial charge on any atom is 0.241 e. The van der Waals surface area contributed by atoms with Crippen LogP contribution in [-0.4, -0.2) is 23.5 Å². The van der Waals surface area contributed by atoms with Gasteiger partial charge in [0.2, 0.25) is 5.91 Å². The van der Waals surface area contributed by atoms with Gasteiger partial charge in [0.25, 0.3) is 0 Å². The Balaban J connectivity index is 1.89. The van der Waals surface area contributed by atoms with Gasteiger partial charge in [0.15, 0.2) is 0 Å². The number of nitrogens with zero attached hydrogens (tertiary/aromatic N) is 1. The van der Waals surface area contributed by atoms with Crippen LogP contribution < -0.4 is 10.6 Å². The zero-order valence-electron chi connectivity index (χ0n) is 9.98. The number of aromatic nitrogens is 1. The molecule has 92 valence electrons. The molecule has 1 aromatic rings. The molecular weight excluding hydrogens is 214 g/mol. The van der Waals surface area contributed by atoms with E-state index in [1.807, 2.05) is 0 Å². The lowest BCUT2D eigenvalue weighted by atomic mass is 10.0. The third-order valence-corrected chi connectivity index (χ3v) is 3.07. The van der Waals surface area contributed by atoms with Crippen molar-refractivity contribution in [2.45, 2.75) is 38.1 Å². The lowest BCUT2D eigenvalue weighted by molar-refractivity contribution is -0.118. The number of anilines is 1. The van der Waals surface area contributed by atoms with Crippen molar-refractivity contribution < 1.29 is 4.79 Å². The largest absolute Gasteiger partial charge is 0.325 e. The summed E-state index contributed by atoms with van der Waals surface area (Å²) in [7, 11) is 0. The Labute approximate surface area is 102 Å². The van der Waals surface area contributed by atoms with Gasteiger partial charge in [-0.25, -0.2) is 0 Å². The highest BCUT2D eigenvalue weighted by Crippen LogP contribution is 2.11. The van der Waals surface area contributed by atoms with Crippen LogP contribution in [0.4, 0.5) is 5.69 Å². The predicted molar refractivity (Wildman–Crippen MR) is 67.7 cm³/mol. The maximum absolute atomic E-state index is 12.0. The van der Waals surface area contributed by atoms with Crippen LogP contribution in [0.25, 0.3) is 0 Å². The Bertz CT molecular complexity index is 345. The molecule has 0 aliphatic carbocycles. The first-order valence-corrected chi connectivity index (χ1v) is 6.30. The Morgan fingerprint density at radius 3 is 2.82 bits per heavy atom. The lowest BCUT2D eigenvalue weighted by Gasteiger charge is -2.20. The minimum atomic E-state index is -0.0523. The van der Waals surface area contributed by atoms with Crippen molar-refractivity contribution in [1.82, 2.24) is 10.3 Å². The van der Waals surface area contributed by atoms with E-state index < -0.39 is 0 Å². The Morgan fingerprint density at radius 2 is 2.00 bits per heavy atom. The highest BCUT2D eigenvalue weighted by molar-refractivity contribution is 5.94. The van der Waals surface area contributed by atoms with Crippen LogP contribution in [0.1, 0.15) is 32.1 Å². The summed E-state index contributed by atoms with van der Waals surface area (Å²) < 4.78 is 0. The molecule has 17 heavy (non-hydrogen) atoms. The standard InChI is InChI=1S/C13H19N3O/c17-13(16-11-6-9-14-10-7-11)12-5-3-1-2-4-8-15-12/h6-7,9-10,12,15H,1-5,8H2,(H,14,16,17). The number of hydrogen-bond acceptors (Lipinski definition) is 3. The van der Waals surface area contributed by atoms with E-state index in [0.29, 0.717) is 0 Å². The topological polar surface area (TPSA) is 54.0 Å². The van der Waals surface area contributed by atoms with E-state index in [2.05, 4.69) is 15.6 Å². The highest BCUT2D eigenvalue weighted by Gasteiger charge is 2.18. The fraction of sp³-hybridized carbons (Fsp3) is 0.538. The van der Waals surface area contributed by atoms with Gasteiger partial charge in [0.05, 0.1) is 6.04 Å². The molecule has 1 aliphatic rings. The van der Waals surface area contributed by atoms with E-state index in [9.17, 15) is 4.79 Å². The molecule has 1 fully saturated rings. The van der Waals surface area contributed by atoms with Crippen LogP contribution in [0, 0.1) is 0 Å². The molecule has 2 N–H and O–H groups in total. The number of nitrogens with one attached hydrogen (secondary N) is 2. The van der Waals surface area contributed by atoms with Crippen LogP contribution in [0.5, 0.6) is 0 Å².